The van der Waals surface area contributed by atoms with Crippen molar-refractivity contribution in [1.82, 2.24) is 4.98 Å². The monoisotopic (exact) mass is 249 g/mol. The van der Waals surface area contributed by atoms with E-state index in [-0.39, 0.29) is 18.0 Å². The predicted molar refractivity (Wildman–Crippen MR) is 53.1 cm³/mol. The van der Waals surface area contributed by atoms with E-state index in [1.165, 1.54) is 12.3 Å². The van der Waals surface area contributed by atoms with Crippen LogP contribution in [0.5, 0.6) is 0 Å². The number of quaternary nitrogens is 1. The summed E-state index contributed by atoms with van der Waals surface area (Å²) >= 11 is 0. The summed E-state index contributed by atoms with van der Waals surface area (Å²) in [5, 5.41) is 2.24. The maximum Gasteiger partial charge on any atom is 0.265 e. The summed E-state index contributed by atoms with van der Waals surface area (Å²) in [6, 6.07) is 3.12. The molecule has 16 heavy (non-hydrogen) atoms. The first-order valence-electron chi connectivity index (χ1n) is 5.08. The van der Waals surface area contributed by atoms with E-state index >= 15 is 0 Å². The van der Waals surface area contributed by atoms with Crippen molar-refractivity contribution in [2.45, 2.75) is 6.43 Å². The Balaban J connectivity index is 0.00000128. The second-order valence-electron chi connectivity index (χ2n) is 3.60. The Morgan fingerprint density at radius 1 is 1.25 bits per heavy atom. The van der Waals surface area contributed by atoms with Gasteiger partial charge in [-0.15, -0.1) is 0 Å². The maximum atomic E-state index is 12.3. The van der Waals surface area contributed by atoms with E-state index in [0.717, 1.165) is 32.0 Å². The number of hydrogen-bond donors (Lipinski definition) is 1. The molecule has 0 saturated carbocycles. The van der Waals surface area contributed by atoms with E-state index in [1.807, 2.05) is 0 Å². The van der Waals surface area contributed by atoms with Crippen LogP contribution in [0, 0.1) is 0 Å². The number of rotatable bonds is 2. The Labute approximate surface area is 99.3 Å². The third-order valence-corrected chi connectivity index (χ3v) is 2.55. The average molecular weight is 250 g/mol. The van der Waals surface area contributed by atoms with Crippen LogP contribution in [0.15, 0.2) is 18.3 Å². The first-order valence-corrected chi connectivity index (χ1v) is 5.08. The van der Waals surface area contributed by atoms with Gasteiger partial charge in [0.1, 0.15) is 5.82 Å². The fourth-order valence-corrected chi connectivity index (χ4v) is 1.69. The number of nitrogens with zero attached hydrogens (tertiary/aromatic N) is 2. The number of anilines is 1. The largest absolute Gasteiger partial charge is 1.00 e. The zero-order valence-corrected chi connectivity index (χ0v) is 9.50. The van der Waals surface area contributed by atoms with Crippen molar-refractivity contribution in [2.75, 3.05) is 31.1 Å². The molecule has 0 aromatic carbocycles. The molecule has 1 aromatic rings. The van der Waals surface area contributed by atoms with E-state index in [9.17, 15) is 8.78 Å². The topological polar surface area (TPSA) is 32.7 Å². The first-order chi connectivity index (χ1) is 7.27. The summed E-state index contributed by atoms with van der Waals surface area (Å²) < 4.78 is 24.6. The number of alkyl halides is 2. The van der Waals surface area contributed by atoms with Gasteiger partial charge in [0.05, 0.1) is 26.2 Å². The van der Waals surface area contributed by atoms with E-state index in [1.54, 1.807) is 6.07 Å². The standard InChI is InChI=1S/C10H13F2N3.ClH/c11-10(12)8-1-2-9(14-7-8)15-5-3-13-4-6-15;/h1-2,7,10,13H,3-6H2;1H. The molecule has 0 unspecified atom stereocenters. The summed E-state index contributed by atoms with van der Waals surface area (Å²) in [5.74, 6) is 0.799. The van der Waals surface area contributed by atoms with Crippen LogP contribution in [0.2, 0.25) is 0 Å². The van der Waals surface area contributed by atoms with Gasteiger partial charge in [0, 0.05) is 11.8 Å². The second kappa shape index (κ2) is 5.96. The highest BCUT2D eigenvalue weighted by Gasteiger charge is 2.14. The molecule has 0 bridgehead atoms. The van der Waals surface area contributed by atoms with Crippen LogP contribution in [0.4, 0.5) is 14.6 Å². The lowest BCUT2D eigenvalue weighted by Gasteiger charge is -2.26. The highest BCUT2D eigenvalue weighted by atomic mass is 35.5. The fourth-order valence-electron chi connectivity index (χ4n) is 1.69. The molecule has 0 aliphatic carbocycles. The first kappa shape index (κ1) is 13.1. The number of pyridine rings is 1. The van der Waals surface area contributed by atoms with Crippen molar-refractivity contribution >= 4 is 5.82 Å². The Hall–Kier alpha value is -0.940. The smallest absolute Gasteiger partial charge is 0.265 e. The van der Waals surface area contributed by atoms with Gasteiger partial charge in [-0.3, -0.25) is 0 Å². The van der Waals surface area contributed by atoms with E-state index < -0.39 is 6.43 Å². The summed E-state index contributed by atoms with van der Waals surface area (Å²) in [5.41, 5.74) is -0.0117. The van der Waals surface area contributed by atoms with Crippen LogP contribution in [0.25, 0.3) is 0 Å². The molecule has 2 rings (SSSR count). The van der Waals surface area contributed by atoms with Gasteiger partial charge in [0.25, 0.3) is 6.43 Å². The Bertz CT molecular complexity index is 312. The minimum atomic E-state index is -2.43. The number of hydrogen-bond acceptors (Lipinski definition) is 2. The zero-order chi connectivity index (χ0) is 10.7. The SMILES string of the molecule is FC(F)c1ccc(N2CC[NH2+]CC2)nc1.[Cl-]. The second-order valence-corrected chi connectivity index (χ2v) is 3.60. The molecule has 2 N–H and O–H groups in total. The summed E-state index contributed by atoms with van der Waals surface area (Å²) in [7, 11) is 0. The molecular formula is C10H14ClF2N3. The number of nitrogens with two attached hydrogens (primary N) is 1. The molecule has 1 aromatic heterocycles. The van der Waals surface area contributed by atoms with Crippen molar-refractivity contribution < 1.29 is 26.5 Å². The van der Waals surface area contributed by atoms with Crippen molar-refractivity contribution in [3.8, 4) is 0 Å². The predicted octanol–water partition coefficient (Wildman–Crippen LogP) is -2.59. The van der Waals surface area contributed by atoms with Crippen molar-refractivity contribution in [2.24, 2.45) is 0 Å². The summed E-state index contributed by atoms with van der Waals surface area (Å²) in [6.07, 6.45) is -1.17. The fraction of sp³-hybridized carbons (Fsp3) is 0.500. The number of aromatic nitrogens is 1. The summed E-state index contributed by atoms with van der Waals surface area (Å²) in [6.45, 7) is 3.94. The molecule has 2 heterocycles. The number of piperazine rings is 1. The van der Waals surface area contributed by atoms with Crippen LogP contribution in [0.3, 0.4) is 0 Å². The lowest BCUT2D eigenvalue weighted by atomic mass is 10.3. The molecule has 1 fully saturated rings. The van der Waals surface area contributed by atoms with Crippen LogP contribution in [-0.2, 0) is 0 Å². The third-order valence-electron chi connectivity index (χ3n) is 2.55. The van der Waals surface area contributed by atoms with Gasteiger partial charge in [-0.2, -0.15) is 0 Å². The van der Waals surface area contributed by atoms with Crippen LogP contribution < -0.4 is 22.6 Å². The van der Waals surface area contributed by atoms with E-state index in [4.69, 9.17) is 0 Å². The van der Waals surface area contributed by atoms with Gasteiger partial charge in [0.15, 0.2) is 0 Å². The quantitative estimate of drug-likeness (QED) is 0.624. The summed E-state index contributed by atoms with van der Waals surface area (Å²) in [4.78, 5) is 6.18. The molecule has 1 aliphatic rings. The number of halogens is 3. The average Bonchev–Trinajstić information content (AvgIpc) is 2.30. The molecular weight excluding hydrogens is 236 g/mol. The third kappa shape index (κ3) is 3.02. The molecule has 3 nitrogen and oxygen atoms in total. The Morgan fingerprint density at radius 2 is 1.94 bits per heavy atom. The van der Waals surface area contributed by atoms with Gasteiger partial charge in [-0.1, -0.05) is 0 Å². The highest BCUT2D eigenvalue weighted by Crippen LogP contribution is 2.19. The van der Waals surface area contributed by atoms with Gasteiger partial charge in [-0.25, -0.2) is 13.8 Å². The molecule has 1 aliphatic heterocycles. The molecule has 0 amide bonds. The van der Waals surface area contributed by atoms with Crippen LogP contribution in [-0.4, -0.2) is 31.2 Å². The minimum absolute atomic E-state index is 0. The van der Waals surface area contributed by atoms with E-state index in [2.05, 4.69) is 15.2 Å². The maximum absolute atomic E-state index is 12.3. The highest BCUT2D eigenvalue weighted by molar-refractivity contribution is 5.39. The molecule has 0 atom stereocenters. The normalized spacial score (nSPS) is 16.1. The molecule has 90 valence electrons. The lowest BCUT2D eigenvalue weighted by molar-refractivity contribution is -0.655. The van der Waals surface area contributed by atoms with Gasteiger partial charge < -0.3 is 22.6 Å². The van der Waals surface area contributed by atoms with Crippen molar-refractivity contribution in [3.63, 3.8) is 0 Å². The minimum Gasteiger partial charge on any atom is -1.00 e. The van der Waals surface area contributed by atoms with Crippen LogP contribution in [0.1, 0.15) is 12.0 Å². The zero-order valence-electron chi connectivity index (χ0n) is 8.74. The lowest BCUT2D eigenvalue weighted by Crippen LogP contribution is -3.00. The molecule has 6 heteroatoms. The molecule has 0 radical (unpaired) electrons. The van der Waals surface area contributed by atoms with Crippen molar-refractivity contribution in [3.05, 3.63) is 23.9 Å². The van der Waals surface area contributed by atoms with Crippen molar-refractivity contribution in [1.29, 1.82) is 0 Å². The molecule has 0 spiro atoms. The van der Waals surface area contributed by atoms with Gasteiger partial charge in [0.2, 0.25) is 0 Å². The Morgan fingerprint density at radius 3 is 2.44 bits per heavy atom. The Kier molecular flexibility index (Phi) is 4.89. The van der Waals surface area contributed by atoms with E-state index in [0.29, 0.717) is 0 Å². The van der Waals surface area contributed by atoms with Gasteiger partial charge in [-0.05, 0) is 12.1 Å². The van der Waals surface area contributed by atoms with Gasteiger partial charge >= 0.3 is 0 Å². The molecule has 1 saturated heterocycles. The van der Waals surface area contributed by atoms with Crippen LogP contribution >= 0.6 is 0 Å².